The lowest BCUT2D eigenvalue weighted by Crippen LogP contribution is -1.71. The second kappa shape index (κ2) is 4.63. The monoisotopic (exact) mass is 170 g/mol. The molecule has 1 radical (unpaired) electrons. The number of pyridine rings is 1. The Balaban J connectivity index is 2.43. The van der Waals surface area contributed by atoms with Crippen molar-refractivity contribution in [3.63, 3.8) is 0 Å². The number of rotatable bonds is 3. The van der Waals surface area contributed by atoms with Gasteiger partial charge in [0.2, 0.25) is 0 Å². The number of hydrogen-bond acceptors (Lipinski definition) is 3. The molecule has 1 aromatic heterocycles. The van der Waals surface area contributed by atoms with E-state index in [0.717, 1.165) is 5.03 Å². The Hall–Kier alpha value is -0.150. The molecule has 0 bridgehead atoms. The molecule has 0 aliphatic heterocycles. The third-order valence-electron chi connectivity index (χ3n) is 0.867. The maximum absolute atomic E-state index is 4.14. The standard InChI is InChI=1S/C7H8NS2/c1-2-9-10-7-5-3-4-6-8-7/h2-6H,1H3. The van der Waals surface area contributed by atoms with Gasteiger partial charge in [-0.3, -0.25) is 0 Å². The topological polar surface area (TPSA) is 12.9 Å². The first-order chi connectivity index (χ1) is 4.93. The molecule has 3 heteroatoms. The van der Waals surface area contributed by atoms with E-state index in [1.165, 1.54) is 0 Å². The van der Waals surface area contributed by atoms with Crippen LogP contribution in [0.3, 0.4) is 0 Å². The lowest BCUT2D eigenvalue weighted by molar-refractivity contribution is 1.14. The zero-order chi connectivity index (χ0) is 7.23. The zero-order valence-corrected chi connectivity index (χ0v) is 7.28. The van der Waals surface area contributed by atoms with Crippen molar-refractivity contribution in [3.05, 3.63) is 30.1 Å². The Morgan fingerprint density at radius 3 is 3.00 bits per heavy atom. The van der Waals surface area contributed by atoms with Gasteiger partial charge < -0.3 is 0 Å². The van der Waals surface area contributed by atoms with Gasteiger partial charge in [-0.15, -0.1) is 0 Å². The SMILES string of the molecule is C[CH]SSc1ccccn1. The molecular formula is C7H8NS2. The summed E-state index contributed by atoms with van der Waals surface area (Å²) in [6.45, 7) is 2.01. The van der Waals surface area contributed by atoms with Gasteiger partial charge in [0.1, 0.15) is 5.03 Å². The van der Waals surface area contributed by atoms with Crippen molar-refractivity contribution in [2.45, 2.75) is 11.9 Å². The van der Waals surface area contributed by atoms with Gasteiger partial charge in [-0.2, -0.15) is 0 Å². The molecule has 0 N–H and O–H groups in total. The molecule has 0 fully saturated rings. The second-order valence-corrected chi connectivity index (χ2v) is 3.91. The second-order valence-electron chi connectivity index (χ2n) is 1.58. The Morgan fingerprint density at radius 1 is 1.50 bits per heavy atom. The summed E-state index contributed by atoms with van der Waals surface area (Å²) in [5.74, 6) is 2.04. The highest BCUT2D eigenvalue weighted by molar-refractivity contribution is 8.77. The Kier molecular flexibility index (Phi) is 3.68. The van der Waals surface area contributed by atoms with Crippen LogP contribution in [0.15, 0.2) is 29.4 Å². The van der Waals surface area contributed by atoms with E-state index >= 15 is 0 Å². The fourth-order valence-corrected chi connectivity index (χ4v) is 1.81. The van der Waals surface area contributed by atoms with Crippen molar-refractivity contribution in [1.82, 2.24) is 4.98 Å². The summed E-state index contributed by atoms with van der Waals surface area (Å²) in [5, 5.41) is 1.06. The highest BCUT2D eigenvalue weighted by Crippen LogP contribution is 2.30. The molecular weight excluding hydrogens is 162 g/mol. The Morgan fingerprint density at radius 2 is 2.40 bits per heavy atom. The van der Waals surface area contributed by atoms with E-state index in [-0.39, 0.29) is 0 Å². The van der Waals surface area contributed by atoms with Crippen LogP contribution >= 0.6 is 21.6 Å². The average Bonchev–Trinajstić information content (AvgIpc) is 2.03. The van der Waals surface area contributed by atoms with E-state index in [0.29, 0.717) is 0 Å². The normalized spacial score (nSPS) is 9.70. The molecule has 1 aromatic rings. The maximum atomic E-state index is 4.14. The van der Waals surface area contributed by atoms with Gasteiger partial charge >= 0.3 is 0 Å². The predicted octanol–water partition coefficient (Wildman–Crippen LogP) is 3.00. The van der Waals surface area contributed by atoms with Crippen molar-refractivity contribution in [2.75, 3.05) is 0 Å². The van der Waals surface area contributed by atoms with Crippen molar-refractivity contribution in [3.8, 4) is 0 Å². The molecule has 0 saturated carbocycles. The number of aromatic nitrogens is 1. The lowest BCUT2D eigenvalue weighted by atomic mass is 10.5. The molecule has 10 heavy (non-hydrogen) atoms. The van der Waals surface area contributed by atoms with Crippen LogP contribution in [-0.4, -0.2) is 4.98 Å². The fraction of sp³-hybridized carbons (Fsp3) is 0.143. The van der Waals surface area contributed by atoms with Crippen molar-refractivity contribution >= 4 is 21.6 Å². The first kappa shape index (κ1) is 7.95. The largest absolute Gasteiger partial charge is 0.249 e. The van der Waals surface area contributed by atoms with E-state index in [2.05, 4.69) is 4.98 Å². The Bertz CT molecular complexity index is 176. The van der Waals surface area contributed by atoms with Gasteiger partial charge in [-0.05, 0) is 22.9 Å². The van der Waals surface area contributed by atoms with Crippen LogP contribution in [-0.2, 0) is 0 Å². The first-order valence-corrected chi connectivity index (χ1v) is 5.17. The van der Waals surface area contributed by atoms with E-state index in [1.54, 1.807) is 27.8 Å². The van der Waals surface area contributed by atoms with Crippen LogP contribution in [0.5, 0.6) is 0 Å². The van der Waals surface area contributed by atoms with Gasteiger partial charge in [-0.1, -0.05) is 23.8 Å². The molecule has 0 saturated heterocycles. The summed E-state index contributed by atoms with van der Waals surface area (Å²) in [4.78, 5) is 4.14. The maximum Gasteiger partial charge on any atom is 0.106 e. The molecule has 0 aliphatic rings. The summed E-state index contributed by atoms with van der Waals surface area (Å²) in [6.07, 6.45) is 1.80. The molecule has 0 atom stereocenters. The third kappa shape index (κ3) is 2.62. The minimum Gasteiger partial charge on any atom is -0.249 e. The van der Waals surface area contributed by atoms with Crippen LogP contribution in [0.4, 0.5) is 0 Å². The van der Waals surface area contributed by atoms with Crippen LogP contribution in [0.2, 0.25) is 0 Å². The van der Waals surface area contributed by atoms with E-state index < -0.39 is 0 Å². The average molecular weight is 170 g/mol. The highest BCUT2D eigenvalue weighted by atomic mass is 33.1. The van der Waals surface area contributed by atoms with Gasteiger partial charge in [0.15, 0.2) is 0 Å². The number of hydrogen-bond donors (Lipinski definition) is 0. The summed E-state index contributed by atoms with van der Waals surface area (Å²) in [5.41, 5.74) is 0. The molecule has 0 unspecified atom stereocenters. The molecule has 1 nitrogen and oxygen atoms in total. The molecule has 1 heterocycles. The molecule has 0 spiro atoms. The molecule has 1 rings (SSSR count). The van der Waals surface area contributed by atoms with E-state index in [9.17, 15) is 0 Å². The first-order valence-electron chi connectivity index (χ1n) is 2.95. The zero-order valence-electron chi connectivity index (χ0n) is 5.65. The fourth-order valence-electron chi connectivity index (χ4n) is 0.494. The summed E-state index contributed by atoms with van der Waals surface area (Å²) < 4.78 is 0. The Labute approximate surface area is 69.0 Å². The van der Waals surface area contributed by atoms with Gasteiger partial charge in [0.05, 0.1) is 0 Å². The molecule has 0 amide bonds. The van der Waals surface area contributed by atoms with Gasteiger partial charge in [0.25, 0.3) is 0 Å². The third-order valence-corrected chi connectivity index (χ3v) is 2.95. The van der Waals surface area contributed by atoms with Crippen LogP contribution in [0, 0.1) is 5.75 Å². The van der Waals surface area contributed by atoms with Gasteiger partial charge in [0, 0.05) is 11.9 Å². The predicted molar refractivity (Wildman–Crippen MR) is 47.7 cm³/mol. The quantitative estimate of drug-likeness (QED) is 0.647. The van der Waals surface area contributed by atoms with E-state index in [4.69, 9.17) is 0 Å². The smallest absolute Gasteiger partial charge is 0.106 e. The van der Waals surface area contributed by atoms with Crippen molar-refractivity contribution < 1.29 is 0 Å². The van der Waals surface area contributed by atoms with Crippen molar-refractivity contribution in [2.24, 2.45) is 0 Å². The molecule has 0 aliphatic carbocycles. The van der Waals surface area contributed by atoms with Crippen molar-refractivity contribution in [1.29, 1.82) is 0 Å². The van der Waals surface area contributed by atoms with E-state index in [1.807, 2.05) is 30.9 Å². The highest BCUT2D eigenvalue weighted by Gasteiger charge is 1.90. The molecule has 53 valence electrons. The minimum atomic E-state index is 1.06. The minimum absolute atomic E-state index is 1.06. The summed E-state index contributed by atoms with van der Waals surface area (Å²) >= 11 is 0. The molecule has 0 aromatic carbocycles. The van der Waals surface area contributed by atoms with Gasteiger partial charge in [-0.25, -0.2) is 4.98 Å². The van der Waals surface area contributed by atoms with Crippen LogP contribution < -0.4 is 0 Å². The van der Waals surface area contributed by atoms with Crippen LogP contribution in [0.25, 0.3) is 0 Å². The van der Waals surface area contributed by atoms with Crippen LogP contribution in [0.1, 0.15) is 6.92 Å². The number of nitrogens with zero attached hydrogens (tertiary/aromatic N) is 1. The summed E-state index contributed by atoms with van der Waals surface area (Å²) in [7, 11) is 3.36. The lowest BCUT2D eigenvalue weighted by Gasteiger charge is -1.93. The summed E-state index contributed by atoms with van der Waals surface area (Å²) in [6, 6.07) is 5.91.